The lowest BCUT2D eigenvalue weighted by molar-refractivity contribution is 0.652. The van der Waals surface area contributed by atoms with E-state index in [1.54, 1.807) is 0 Å². The third-order valence-electron chi connectivity index (χ3n) is 15.3. The first kappa shape index (κ1) is 38.9. The Labute approximate surface area is 387 Å². The van der Waals surface area contributed by atoms with E-state index in [1.807, 2.05) is 0 Å². The lowest BCUT2D eigenvalue weighted by Gasteiger charge is -2.34. The molecule has 0 saturated heterocycles. The summed E-state index contributed by atoms with van der Waals surface area (Å²) in [4.78, 5) is 10.4. The van der Waals surface area contributed by atoms with E-state index in [0.717, 1.165) is 48.7 Å². The first-order valence-electron chi connectivity index (χ1n) is 23.7. The van der Waals surface area contributed by atoms with Crippen LogP contribution in [-0.4, -0.2) is 12.4 Å². The topological polar surface area (TPSA) is 18.8 Å². The molecule has 0 atom stereocenters. The van der Waals surface area contributed by atoms with E-state index in [4.69, 9.17) is 4.99 Å². The molecule has 3 heteroatoms. The number of fused-ring (bicyclic) bond motifs is 9. The van der Waals surface area contributed by atoms with Gasteiger partial charge in [-0.05, 0) is 152 Å². The number of rotatable bonds is 5. The first-order valence-corrected chi connectivity index (χ1v) is 23.7. The van der Waals surface area contributed by atoms with Crippen molar-refractivity contribution in [2.45, 2.75) is 57.8 Å². The number of nitrogens with zero attached hydrogens (tertiary/aromatic N) is 3. The average Bonchev–Trinajstić information content (AvgIpc) is 3.72. The van der Waals surface area contributed by atoms with Gasteiger partial charge in [0.2, 0.25) is 0 Å². The van der Waals surface area contributed by atoms with Gasteiger partial charge < -0.3 is 4.90 Å². The van der Waals surface area contributed by atoms with Gasteiger partial charge in [0, 0.05) is 56.0 Å². The van der Waals surface area contributed by atoms with Crippen LogP contribution in [0.1, 0.15) is 69.2 Å². The number of allylic oxidation sites excluding steroid dienone is 4. The molecule has 13 rings (SSSR count). The molecule has 0 fully saturated rings. The fourth-order valence-corrected chi connectivity index (χ4v) is 12.0. The molecule has 1 aliphatic heterocycles. The van der Waals surface area contributed by atoms with Gasteiger partial charge in [-0.15, -0.1) is 0 Å². The Bertz CT molecular complexity index is 3650. The van der Waals surface area contributed by atoms with Crippen LogP contribution in [0, 0.1) is 0 Å². The predicted molar refractivity (Wildman–Crippen MR) is 282 cm³/mol. The zero-order valence-corrected chi connectivity index (χ0v) is 38.1. The lowest BCUT2D eigenvalue weighted by Crippen LogP contribution is -2.27. The van der Waals surface area contributed by atoms with Crippen molar-refractivity contribution >= 4 is 82.9 Å². The maximum Gasteiger partial charge on any atom is 0.132 e. The molecule has 9 aromatic carbocycles. The largest absolute Gasteiger partial charge is 0.309 e. The standard InChI is InChI=1S/C63H51N3/c1-62(2)56-27-15-13-25-48(56)50-37-52-53(38-57(50)62)60(65(44-22-6-5-7-23-44)45-31-29-40-18-8-10-20-42(40)34-45)51-36-49-47-24-12-14-26-55(47)63(3,4)58(49)39-54(51)61(52)66(59-28-16-17-33-64-59)46-32-30-41-19-9-11-21-43(41)35-46/h5-11,13-16,18-23,25-32,34-39H,12,17,24,33H2,1-4H3. The highest BCUT2D eigenvalue weighted by molar-refractivity contribution is 6.29. The molecule has 0 bridgehead atoms. The van der Waals surface area contributed by atoms with E-state index in [9.17, 15) is 0 Å². The Morgan fingerprint density at radius 1 is 0.424 bits per heavy atom. The zero-order valence-electron chi connectivity index (χ0n) is 38.1. The van der Waals surface area contributed by atoms with Gasteiger partial charge in [0.15, 0.2) is 0 Å². The second kappa shape index (κ2) is 14.5. The second-order valence-electron chi connectivity index (χ2n) is 19.7. The molecule has 9 aromatic rings. The van der Waals surface area contributed by atoms with E-state index in [2.05, 4.69) is 226 Å². The van der Waals surface area contributed by atoms with Crippen LogP contribution in [0.25, 0.3) is 59.8 Å². The Hall–Kier alpha value is -7.49. The fraction of sp³-hybridized carbons (Fsp3) is 0.159. The minimum atomic E-state index is -0.211. The van der Waals surface area contributed by atoms with Crippen LogP contribution in [0.3, 0.4) is 0 Å². The van der Waals surface area contributed by atoms with Gasteiger partial charge in [-0.1, -0.05) is 149 Å². The summed E-state index contributed by atoms with van der Waals surface area (Å²) in [6.07, 6.45) is 12.4. The summed E-state index contributed by atoms with van der Waals surface area (Å²) in [5, 5.41) is 9.75. The minimum Gasteiger partial charge on any atom is -0.309 e. The minimum absolute atomic E-state index is 0.170. The van der Waals surface area contributed by atoms with Crippen LogP contribution < -0.4 is 9.80 Å². The highest BCUT2D eigenvalue weighted by Crippen LogP contribution is 2.58. The van der Waals surface area contributed by atoms with Crippen LogP contribution >= 0.6 is 0 Å². The van der Waals surface area contributed by atoms with Crippen LogP contribution in [0.2, 0.25) is 0 Å². The smallest absolute Gasteiger partial charge is 0.132 e. The van der Waals surface area contributed by atoms with E-state index in [1.165, 1.54) is 99.0 Å². The number of aliphatic imine (C=N–C) groups is 1. The van der Waals surface area contributed by atoms with E-state index >= 15 is 0 Å². The van der Waals surface area contributed by atoms with E-state index in [0.29, 0.717) is 0 Å². The number of benzene rings is 9. The highest BCUT2D eigenvalue weighted by atomic mass is 15.2. The number of hydrogen-bond acceptors (Lipinski definition) is 3. The zero-order chi connectivity index (χ0) is 44.3. The third-order valence-corrected chi connectivity index (χ3v) is 15.3. The SMILES string of the molecule is CC1(C)C2=C(CCC=C2)c2cc3c(N(c4ccccc4)c4ccc5ccccc5c4)c4cc5c(cc4c(N(C4=NCCC=C4)c4ccc6ccccc6c4)c3cc21)-c1ccccc1C5(C)C. The first-order chi connectivity index (χ1) is 32.3. The number of para-hydroxylation sites is 1. The molecule has 3 nitrogen and oxygen atoms in total. The summed E-state index contributed by atoms with van der Waals surface area (Å²) in [6, 6.07) is 61.8. The molecule has 4 aliphatic rings. The normalized spacial score (nSPS) is 16.4. The summed E-state index contributed by atoms with van der Waals surface area (Å²) in [5.74, 6) is 0.961. The number of dihydropyridines is 1. The summed E-state index contributed by atoms with van der Waals surface area (Å²) in [5.41, 5.74) is 16.4. The molecule has 0 amide bonds. The molecule has 0 unspecified atom stereocenters. The van der Waals surface area contributed by atoms with E-state index < -0.39 is 0 Å². The van der Waals surface area contributed by atoms with Crippen molar-refractivity contribution in [3.8, 4) is 11.1 Å². The molecular formula is C63H51N3. The quantitative estimate of drug-likeness (QED) is 0.127. The lowest BCUT2D eigenvalue weighted by atomic mass is 9.79. The molecular weight excluding hydrogens is 799 g/mol. The molecule has 318 valence electrons. The van der Waals surface area contributed by atoms with Gasteiger partial charge >= 0.3 is 0 Å². The highest BCUT2D eigenvalue weighted by Gasteiger charge is 2.41. The second-order valence-corrected chi connectivity index (χ2v) is 19.7. The van der Waals surface area contributed by atoms with Crippen LogP contribution in [-0.2, 0) is 10.8 Å². The molecule has 0 radical (unpaired) electrons. The summed E-state index contributed by atoms with van der Waals surface area (Å²) < 4.78 is 0. The number of hydrogen-bond donors (Lipinski definition) is 0. The molecule has 0 saturated carbocycles. The Kier molecular flexibility index (Phi) is 8.56. The van der Waals surface area contributed by atoms with Crippen molar-refractivity contribution in [2.24, 2.45) is 4.99 Å². The average molecular weight is 850 g/mol. The molecule has 3 aliphatic carbocycles. The monoisotopic (exact) mass is 849 g/mol. The number of anilines is 5. The number of amidine groups is 1. The van der Waals surface area contributed by atoms with Crippen molar-refractivity contribution < 1.29 is 0 Å². The maximum absolute atomic E-state index is 5.38. The van der Waals surface area contributed by atoms with Crippen LogP contribution in [0.5, 0.6) is 0 Å². The van der Waals surface area contributed by atoms with Gasteiger partial charge in [0.25, 0.3) is 0 Å². The van der Waals surface area contributed by atoms with Crippen molar-refractivity contribution in [2.75, 3.05) is 16.3 Å². The van der Waals surface area contributed by atoms with Crippen molar-refractivity contribution in [1.82, 2.24) is 0 Å². The molecule has 0 aromatic heterocycles. The maximum atomic E-state index is 5.38. The van der Waals surface area contributed by atoms with Crippen molar-refractivity contribution in [3.05, 3.63) is 216 Å². The Balaban J connectivity index is 1.25. The predicted octanol–water partition coefficient (Wildman–Crippen LogP) is 17.0. The Morgan fingerprint density at radius 2 is 0.985 bits per heavy atom. The summed E-state index contributed by atoms with van der Waals surface area (Å²) in [7, 11) is 0. The molecule has 1 heterocycles. The van der Waals surface area contributed by atoms with Gasteiger partial charge in [0.05, 0.1) is 11.4 Å². The van der Waals surface area contributed by atoms with Crippen molar-refractivity contribution in [3.63, 3.8) is 0 Å². The van der Waals surface area contributed by atoms with Gasteiger partial charge in [-0.3, -0.25) is 9.89 Å². The molecule has 0 spiro atoms. The van der Waals surface area contributed by atoms with Gasteiger partial charge in [-0.2, -0.15) is 0 Å². The van der Waals surface area contributed by atoms with E-state index in [-0.39, 0.29) is 10.8 Å². The van der Waals surface area contributed by atoms with Crippen LogP contribution in [0.15, 0.2) is 199 Å². The summed E-state index contributed by atoms with van der Waals surface area (Å²) in [6.45, 7) is 10.4. The van der Waals surface area contributed by atoms with Gasteiger partial charge in [0.1, 0.15) is 5.84 Å². The van der Waals surface area contributed by atoms with Crippen LogP contribution in [0.4, 0.5) is 28.4 Å². The van der Waals surface area contributed by atoms with Gasteiger partial charge in [-0.25, -0.2) is 0 Å². The third kappa shape index (κ3) is 5.72. The summed E-state index contributed by atoms with van der Waals surface area (Å²) >= 11 is 0. The molecule has 66 heavy (non-hydrogen) atoms. The molecule has 0 N–H and O–H groups in total. The van der Waals surface area contributed by atoms with Crippen molar-refractivity contribution in [1.29, 1.82) is 0 Å². The fourth-order valence-electron chi connectivity index (χ4n) is 12.0. The Morgan fingerprint density at radius 3 is 1.67 bits per heavy atom.